The average molecular weight is 286 g/mol. The SMILES string of the molecule is COc1ccc2c(c1)CCCN(Cc1c(C)noc1C)C2. The van der Waals surface area contributed by atoms with Gasteiger partial charge >= 0.3 is 0 Å². The van der Waals surface area contributed by atoms with Crippen LogP contribution in [0, 0.1) is 13.8 Å². The minimum atomic E-state index is 0.909. The van der Waals surface area contributed by atoms with Crippen LogP contribution in [0.25, 0.3) is 0 Å². The lowest BCUT2D eigenvalue weighted by Crippen LogP contribution is -2.23. The highest BCUT2D eigenvalue weighted by Gasteiger charge is 2.18. The first-order valence-corrected chi connectivity index (χ1v) is 7.47. The van der Waals surface area contributed by atoms with Gasteiger partial charge < -0.3 is 9.26 Å². The Morgan fingerprint density at radius 2 is 2.14 bits per heavy atom. The predicted octanol–water partition coefficient (Wildman–Crippen LogP) is 3.25. The molecular formula is C17H22N2O2. The maximum absolute atomic E-state index is 5.33. The van der Waals surface area contributed by atoms with Crippen LogP contribution in [0.5, 0.6) is 5.75 Å². The highest BCUT2D eigenvalue weighted by Crippen LogP contribution is 2.25. The molecule has 2 aromatic rings. The average Bonchev–Trinajstić information content (AvgIpc) is 2.71. The van der Waals surface area contributed by atoms with E-state index in [1.807, 2.05) is 13.8 Å². The van der Waals surface area contributed by atoms with Gasteiger partial charge in [-0.2, -0.15) is 0 Å². The Morgan fingerprint density at radius 3 is 2.86 bits per heavy atom. The Kier molecular flexibility index (Phi) is 3.97. The highest BCUT2D eigenvalue weighted by molar-refractivity contribution is 5.36. The number of aromatic nitrogens is 1. The summed E-state index contributed by atoms with van der Waals surface area (Å²) >= 11 is 0. The summed E-state index contributed by atoms with van der Waals surface area (Å²) in [5, 5.41) is 4.05. The molecule has 4 heteroatoms. The molecule has 1 aliphatic heterocycles. The number of hydrogen-bond donors (Lipinski definition) is 0. The second kappa shape index (κ2) is 5.90. The second-order valence-electron chi connectivity index (χ2n) is 5.75. The molecule has 0 fully saturated rings. The Hall–Kier alpha value is -1.81. The molecule has 0 aliphatic carbocycles. The van der Waals surface area contributed by atoms with Crippen LogP contribution < -0.4 is 4.74 Å². The van der Waals surface area contributed by atoms with Crippen molar-refractivity contribution in [2.75, 3.05) is 13.7 Å². The van der Waals surface area contributed by atoms with Gasteiger partial charge in [-0.25, -0.2) is 0 Å². The molecule has 0 saturated heterocycles. The van der Waals surface area contributed by atoms with Crippen molar-refractivity contribution in [3.8, 4) is 5.75 Å². The Balaban J connectivity index is 1.79. The number of rotatable bonds is 3. The minimum Gasteiger partial charge on any atom is -0.497 e. The number of aryl methyl sites for hydroxylation is 3. The lowest BCUT2D eigenvalue weighted by molar-refractivity contribution is 0.258. The molecule has 1 aliphatic rings. The number of fused-ring (bicyclic) bond motifs is 1. The molecule has 4 nitrogen and oxygen atoms in total. The summed E-state index contributed by atoms with van der Waals surface area (Å²) in [7, 11) is 1.72. The zero-order valence-corrected chi connectivity index (χ0v) is 13.0. The van der Waals surface area contributed by atoms with Gasteiger partial charge in [0.1, 0.15) is 11.5 Å². The van der Waals surface area contributed by atoms with Crippen molar-refractivity contribution in [1.82, 2.24) is 10.1 Å². The van der Waals surface area contributed by atoms with E-state index in [2.05, 4.69) is 28.3 Å². The molecule has 1 aromatic carbocycles. The fourth-order valence-electron chi connectivity index (χ4n) is 3.02. The van der Waals surface area contributed by atoms with Gasteiger partial charge in [-0.1, -0.05) is 11.2 Å². The first kappa shape index (κ1) is 14.1. The molecule has 2 heterocycles. The standard InChI is InChI=1S/C17H22N2O2/c1-12-17(13(2)21-18-12)11-19-8-4-5-14-9-16(20-3)7-6-15(14)10-19/h6-7,9H,4-5,8,10-11H2,1-3H3. The summed E-state index contributed by atoms with van der Waals surface area (Å²) in [6, 6.07) is 6.42. The van der Waals surface area contributed by atoms with E-state index < -0.39 is 0 Å². The summed E-state index contributed by atoms with van der Waals surface area (Å²) in [4.78, 5) is 2.48. The smallest absolute Gasteiger partial charge is 0.138 e. The van der Waals surface area contributed by atoms with E-state index in [1.165, 1.54) is 23.1 Å². The third-order valence-electron chi connectivity index (χ3n) is 4.29. The number of benzene rings is 1. The van der Waals surface area contributed by atoms with Crippen LogP contribution in [-0.4, -0.2) is 23.7 Å². The van der Waals surface area contributed by atoms with Crippen molar-refractivity contribution in [3.63, 3.8) is 0 Å². The quantitative estimate of drug-likeness (QED) is 0.868. The van der Waals surface area contributed by atoms with Gasteiger partial charge in [0, 0.05) is 18.7 Å². The molecule has 0 radical (unpaired) electrons. The maximum atomic E-state index is 5.33. The number of nitrogens with zero attached hydrogens (tertiary/aromatic N) is 2. The van der Waals surface area contributed by atoms with E-state index >= 15 is 0 Å². The van der Waals surface area contributed by atoms with E-state index in [1.54, 1.807) is 7.11 Å². The van der Waals surface area contributed by atoms with Gasteiger partial charge in [0.15, 0.2) is 0 Å². The molecule has 0 amide bonds. The highest BCUT2D eigenvalue weighted by atomic mass is 16.5. The molecule has 0 bridgehead atoms. The van der Waals surface area contributed by atoms with Crippen molar-refractivity contribution in [2.24, 2.45) is 0 Å². The van der Waals surface area contributed by atoms with Crippen LogP contribution in [0.2, 0.25) is 0 Å². The zero-order chi connectivity index (χ0) is 14.8. The van der Waals surface area contributed by atoms with E-state index in [0.717, 1.165) is 43.3 Å². The van der Waals surface area contributed by atoms with Crippen molar-refractivity contribution in [1.29, 1.82) is 0 Å². The predicted molar refractivity (Wildman–Crippen MR) is 81.4 cm³/mol. The van der Waals surface area contributed by atoms with Crippen LogP contribution in [-0.2, 0) is 19.5 Å². The van der Waals surface area contributed by atoms with Crippen molar-refractivity contribution in [2.45, 2.75) is 39.8 Å². The molecule has 1 aromatic heterocycles. The van der Waals surface area contributed by atoms with Crippen LogP contribution in [0.4, 0.5) is 0 Å². The topological polar surface area (TPSA) is 38.5 Å². The largest absolute Gasteiger partial charge is 0.497 e. The Bertz CT molecular complexity index is 614. The Labute approximate surface area is 125 Å². The van der Waals surface area contributed by atoms with E-state index in [9.17, 15) is 0 Å². The lowest BCUT2D eigenvalue weighted by atomic mass is 10.0. The Morgan fingerprint density at radius 1 is 1.29 bits per heavy atom. The monoisotopic (exact) mass is 286 g/mol. The molecule has 0 spiro atoms. The molecule has 0 saturated carbocycles. The van der Waals surface area contributed by atoms with Crippen molar-refractivity contribution in [3.05, 3.63) is 46.3 Å². The third kappa shape index (κ3) is 2.95. The molecule has 0 N–H and O–H groups in total. The maximum Gasteiger partial charge on any atom is 0.138 e. The van der Waals surface area contributed by atoms with Crippen molar-refractivity contribution < 1.29 is 9.26 Å². The van der Waals surface area contributed by atoms with Crippen LogP contribution >= 0.6 is 0 Å². The number of ether oxygens (including phenoxy) is 1. The fraction of sp³-hybridized carbons (Fsp3) is 0.471. The van der Waals surface area contributed by atoms with E-state index in [-0.39, 0.29) is 0 Å². The molecule has 3 rings (SSSR count). The van der Waals surface area contributed by atoms with E-state index in [4.69, 9.17) is 9.26 Å². The molecule has 112 valence electrons. The summed E-state index contributed by atoms with van der Waals surface area (Å²) in [6.45, 7) is 6.99. The molecule has 21 heavy (non-hydrogen) atoms. The zero-order valence-electron chi connectivity index (χ0n) is 13.0. The van der Waals surface area contributed by atoms with Gasteiger partial charge in [0.05, 0.1) is 12.8 Å². The van der Waals surface area contributed by atoms with Gasteiger partial charge in [-0.15, -0.1) is 0 Å². The normalized spacial score (nSPS) is 15.6. The molecular weight excluding hydrogens is 264 g/mol. The first-order valence-electron chi connectivity index (χ1n) is 7.47. The summed E-state index contributed by atoms with van der Waals surface area (Å²) in [6.07, 6.45) is 2.29. The van der Waals surface area contributed by atoms with Gasteiger partial charge in [-0.3, -0.25) is 4.90 Å². The van der Waals surface area contributed by atoms with Gasteiger partial charge in [0.2, 0.25) is 0 Å². The number of methoxy groups -OCH3 is 1. The van der Waals surface area contributed by atoms with Crippen LogP contribution in [0.15, 0.2) is 22.7 Å². The van der Waals surface area contributed by atoms with Crippen LogP contribution in [0.3, 0.4) is 0 Å². The summed E-state index contributed by atoms with van der Waals surface area (Å²) in [5.41, 5.74) is 5.05. The van der Waals surface area contributed by atoms with Gasteiger partial charge in [0.25, 0.3) is 0 Å². The first-order chi connectivity index (χ1) is 10.2. The fourth-order valence-corrected chi connectivity index (χ4v) is 3.02. The van der Waals surface area contributed by atoms with Gasteiger partial charge in [-0.05, 0) is 56.5 Å². The summed E-state index contributed by atoms with van der Waals surface area (Å²) in [5.74, 6) is 1.89. The lowest BCUT2D eigenvalue weighted by Gasteiger charge is -2.20. The number of hydrogen-bond acceptors (Lipinski definition) is 4. The minimum absolute atomic E-state index is 0.909. The third-order valence-corrected chi connectivity index (χ3v) is 4.29. The molecule has 0 unspecified atom stereocenters. The van der Waals surface area contributed by atoms with E-state index in [0.29, 0.717) is 0 Å². The van der Waals surface area contributed by atoms with Crippen LogP contribution in [0.1, 0.15) is 34.6 Å². The van der Waals surface area contributed by atoms with Crippen molar-refractivity contribution >= 4 is 0 Å². The second-order valence-corrected chi connectivity index (χ2v) is 5.75. The summed E-state index contributed by atoms with van der Waals surface area (Å²) < 4.78 is 10.6. The molecule has 0 atom stereocenters.